The first kappa shape index (κ1) is 14.0. The fraction of sp³-hybridized carbons (Fsp3) is 0.133. The van der Waals surface area contributed by atoms with Crippen LogP contribution in [0.2, 0.25) is 0 Å². The van der Waals surface area contributed by atoms with Gasteiger partial charge in [0.05, 0.1) is 6.61 Å². The molecule has 0 unspecified atom stereocenters. The van der Waals surface area contributed by atoms with E-state index < -0.39 is 5.91 Å². The SMILES string of the molecule is NNC(=O)c1ccc(COCC=Cc2ccccc2)o1. The standard InChI is InChI=1S/C15H16N2O3/c16-17-15(18)14-9-8-13(20-14)11-19-10-4-7-12-5-2-1-3-6-12/h1-9H,10-11,16H2,(H,17,18). The summed E-state index contributed by atoms with van der Waals surface area (Å²) in [5.41, 5.74) is 3.13. The minimum absolute atomic E-state index is 0.172. The van der Waals surface area contributed by atoms with E-state index >= 15 is 0 Å². The van der Waals surface area contributed by atoms with Gasteiger partial charge in [-0.25, -0.2) is 5.84 Å². The lowest BCUT2D eigenvalue weighted by Crippen LogP contribution is -2.29. The Hall–Kier alpha value is -2.37. The molecule has 3 N–H and O–H groups in total. The van der Waals surface area contributed by atoms with Crippen molar-refractivity contribution in [1.82, 2.24) is 5.43 Å². The summed E-state index contributed by atoms with van der Waals surface area (Å²) in [6, 6.07) is 13.2. The molecule has 0 saturated heterocycles. The summed E-state index contributed by atoms with van der Waals surface area (Å²) >= 11 is 0. The molecule has 1 heterocycles. The Kier molecular flexibility index (Phi) is 5.11. The molecule has 0 fully saturated rings. The van der Waals surface area contributed by atoms with Crippen molar-refractivity contribution in [2.75, 3.05) is 6.61 Å². The van der Waals surface area contributed by atoms with Gasteiger partial charge in [0, 0.05) is 0 Å². The van der Waals surface area contributed by atoms with E-state index in [0.29, 0.717) is 19.0 Å². The Balaban J connectivity index is 1.75. The van der Waals surface area contributed by atoms with E-state index in [1.807, 2.05) is 47.9 Å². The molecular weight excluding hydrogens is 256 g/mol. The van der Waals surface area contributed by atoms with E-state index in [0.717, 1.165) is 5.56 Å². The molecule has 0 saturated carbocycles. The van der Waals surface area contributed by atoms with Crippen molar-refractivity contribution in [3.05, 3.63) is 65.6 Å². The van der Waals surface area contributed by atoms with Crippen LogP contribution in [-0.4, -0.2) is 12.5 Å². The smallest absolute Gasteiger partial charge is 0.300 e. The molecule has 0 radical (unpaired) electrons. The summed E-state index contributed by atoms with van der Waals surface area (Å²) in [6.45, 7) is 0.769. The highest BCUT2D eigenvalue weighted by Gasteiger charge is 2.08. The molecule has 5 heteroatoms. The first-order valence-electron chi connectivity index (χ1n) is 6.18. The Morgan fingerprint density at radius 1 is 1.25 bits per heavy atom. The molecule has 5 nitrogen and oxygen atoms in total. The zero-order chi connectivity index (χ0) is 14.2. The third-order valence-corrected chi connectivity index (χ3v) is 2.58. The second-order valence-electron chi connectivity index (χ2n) is 4.07. The monoisotopic (exact) mass is 272 g/mol. The van der Waals surface area contributed by atoms with Crippen LogP contribution in [0.25, 0.3) is 6.08 Å². The van der Waals surface area contributed by atoms with Crippen molar-refractivity contribution in [2.24, 2.45) is 5.84 Å². The largest absolute Gasteiger partial charge is 0.453 e. The number of hydrogen-bond donors (Lipinski definition) is 2. The maximum Gasteiger partial charge on any atom is 0.300 e. The third-order valence-electron chi connectivity index (χ3n) is 2.58. The normalized spacial score (nSPS) is 10.8. The summed E-state index contributed by atoms with van der Waals surface area (Å²) in [6.07, 6.45) is 3.90. The second-order valence-corrected chi connectivity index (χ2v) is 4.07. The van der Waals surface area contributed by atoms with Crippen LogP contribution >= 0.6 is 0 Å². The van der Waals surface area contributed by atoms with E-state index in [-0.39, 0.29) is 5.76 Å². The molecule has 0 aliphatic rings. The fourth-order valence-electron chi connectivity index (χ4n) is 1.62. The number of benzene rings is 1. The van der Waals surface area contributed by atoms with E-state index in [1.165, 1.54) is 0 Å². The minimum atomic E-state index is -0.458. The molecule has 1 aromatic carbocycles. The quantitative estimate of drug-likeness (QED) is 0.365. The molecule has 104 valence electrons. The van der Waals surface area contributed by atoms with E-state index in [4.69, 9.17) is 15.0 Å². The average Bonchev–Trinajstić information content (AvgIpc) is 2.96. The number of amides is 1. The first-order chi connectivity index (χ1) is 9.79. The summed E-state index contributed by atoms with van der Waals surface area (Å²) in [4.78, 5) is 11.2. The van der Waals surface area contributed by atoms with Crippen molar-refractivity contribution in [2.45, 2.75) is 6.61 Å². The highest BCUT2D eigenvalue weighted by molar-refractivity contribution is 5.90. The Labute approximate surface area is 117 Å². The van der Waals surface area contributed by atoms with Crippen LogP contribution in [0.3, 0.4) is 0 Å². The molecular formula is C15H16N2O3. The van der Waals surface area contributed by atoms with Gasteiger partial charge in [-0.2, -0.15) is 0 Å². The van der Waals surface area contributed by atoms with Gasteiger partial charge < -0.3 is 9.15 Å². The van der Waals surface area contributed by atoms with Crippen LogP contribution in [0.4, 0.5) is 0 Å². The number of nitrogens with one attached hydrogen (secondary N) is 1. The number of carbonyl (C=O) groups excluding carboxylic acids is 1. The third kappa shape index (κ3) is 4.08. The number of nitrogens with two attached hydrogens (primary N) is 1. The Morgan fingerprint density at radius 2 is 2.05 bits per heavy atom. The minimum Gasteiger partial charge on any atom is -0.453 e. The number of furan rings is 1. The maximum absolute atomic E-state index is 11.2. The number of hydrazine groups is 1. The van der Waals surface area contributed by atoms with Crippen molar-refractivity contribution >= 4 is 12.0 Å². The molecule has 2 aromatic rings. The van der Waals surface area contributed by atoms with Crippen molar-refractivity contribution in [3.63, 3.8) is 0 Å². The van der Waals surface area contributed by atoms with Crippen molar-refractivity contribution in [1.29, 1.82) is 0 Å². The van der Waals surface area contributed by atoms with Gasteiger partial charge >= 0.3 is 5.91 Å². The molecule has 0 aliphatic carbocycles. The van der Waals surface area contributed by atoms with Crippen LogP contribution in [0, 0.1) is 0 Å². The van der Waals surface area contributed by atoms with Gasteiger partial charge in [0.1, 0.15) is 12.4 Å². The summed E-state index contributed by atoms with van der Waals surface area (Å²) < 4.78 is 10.7. The number of rotatable bonds is 6. The molecule has 20 heavy (non-hydrogen) atoms. The first-order valence-corrected chi connectivity index (χ1v) is 6.18. The lowest BCUT2D eigenvalue weighted by molar-refractivity contribution is 0.0912. The molecule has 1 aromatic heterocycles. The van der Waals surface area contributed by atoms with Crippen LogP contribution in [0.15, 0.2) is 53.0 Å². The lowest BCUT2D eigenvalue weighted by atomic mass is 10.2. The number of nitrogen functional groups attached to an aromatic ring is 1. The highest BCUT2D eigenvalue weighted by atomic mass is 16.5. The zero-order valence-electron chi connectivity index (χ0n) is 10.9. The summed E-state index contributed by atoms with van der Waals surface area (Å²) in [5, 5.41) is 0. The molecule has 2 rings (SSSR count). The maximum atomic E-state index is 11.2. The summed E-state index contributed by atoms with van der Waals surface area (Å²) in [7, 11) is 0. The van der Waals surface area contributed by atoms with Crippen LogP contribution in [0.5, 0.6) is 0 Å². The van der Waals surface area contributed by atoms with Crippen LogP contribution in [0.1, 0.15) is 21.9 Å². The molecule has 0 atom stereocenters. The van der Waals surface area contributed by atoms with Crippen LogP contribution in [-0.2, 0) is 11.3 Å². The molecule has 0 spiro atoms. The van der Waals surface area contributed by atoms with Gasteiger partial charge in [-0.3, -0.25) is 10.2 Å². The highest BCUT2D eigenvalue weighted by Crippen LogP contribution is 2.09. The number of carbonyl (C=O) groups is 1. The van der Waals surface area contributed by atoms with Crippen LogP contribution < -0.4 is 11.3 Å². The van der Waals surface area contributed by atoms with Gasteiger partial charge in [-0.1, -0.05) is 42.5 Å². The number of hydrogen-bond acceptors (Lipinski definition) is 4. The summed E-state index contributed by atoms with van der Waals surface area (Å²) in [5.74, 6) is 5.30. The van der Waals surface area contributed by atoms with E-state index in [9.17, 15) is 4.79 Å². The fourth-order valence-corrected chi connectivity index (χ4v) is 1.62. The van der Waals surface area contributed by atoms with Gasteiger partial charge in [-0.05, 0) is 17.7 Å². The predicted octanol–water partition coefficient (Wildman–Crippen LogP) is 2.11. The van der Waals surface area contributed by atoms with E-state index in [1.54, 1.807) is 12.1 Å². The predicted molar refractivity (Wildman–Crippen MR) is 75.5 cm³/mol. The Bertz CT molecular complexity index is 576. The molecule has 0 aliphatic heterocycles. The molecule has 0 bridgehead atoms. The average molecular weight is 272 g/mol. The molecule has 1 amide bonds. The zero-order valence-corrected chi connectivity index (χ0v) is 10.9. The second kappa shape index (κ2) is 7.28. The number of ether oxygens (including phenoxy) is 1. The van der Waals surface area contributed by atoms with Gasteiger partial charge in [0.25, 0.3) is 0 Å². The van der Waals surface area contributed by atoms with E-state index in [2.05, 4.69) is 0 Å². The van der Waals surface area contributed by atoms with Gasteiger partial charge in [-0.15, -0.1) is 0 Å². The van der Waals surface area contributed by atoms with Gasteiger partial charge in [0.2, 0.25) is 0 Å². The topological polar surface area (TPSA) is 77.5 Å². The Morgan fingerprint density at radius 3 is 2.80 bits per heavy atom. The van der Waals surface area contributed by atoms with Crippen molar-refractivity contribution < 1.29 is 13.9 Å². The van der Waals surface area contributed by atoms with Gasteiger partial charge in [0.15, 0.2) is 5.76 Å². The van der Waals surface area contributed by atoms with Crippen molar-refractivity contribution in [3.8, 4) is 0 Å². The lowest BCUT2D eigenvalue weighted by Gasteiger charge is -1.98.